The second kappa shape index (κ2) is 5.43. The molecule has 0 aromatic heterocycles. The first kappa shape index (κ1) is 15.4. The van der Waals surface area contributed by atoms with Crippen LogP contribution >= 0.6 is 0 Å². The number of rotatable bonds is 3. The third kappa shape index (κ3) is 2.18. The van der Waals surface area contributed by atoms with Crippen molar-refractivity contribution in [3.8, 4) is 0 Å². The van der Waals surface area contributed by atoms with E-state index in [1.807, 2.05) is 0 Å². The summed E-state index contributed by atoms with van der Waals surface area (Å²) >= 11 is 0. The average Bonchev–Trinajstić information content (AvgIpc) is 3.21. The molecule has 3 aliphatic rings. The average molecular weight is 327 g/mol. The van der Waals surface area contributed by atoms with Gasteiger partial charge in [0.15, 0.2) is 0 Å². The summed E-state index contributed by atoms with van der Waals surface area (Å²) in [6, 6.07) is 6.55. The van der Waals surface area contributed by atoms with Crippen LogP contribution in [0.3, 0.4) is 0 Å². The molecule has 1 aromatic rings. The van der Waals surface area contributed by atoms with Crippen LogP contribution in [0.25, 0.3) is 0 Å². The van der Waals surface area contributed by atoms with E-state index in [1.54, 1.807) is 38.1 Å². The molecule has 2 aliphatic carbocycles. The Hall–Kier alpha value is -2.17. The second-order valence-electron chi connectivity index (χ2n) is 7.40. The molecule has 0 radical (unpaired) electrons. The van der Waals surface area contributed by atoms with Gasteiger partial charge in [-0.05, 0) is 69.2 Å². The first-order valence-corrected chi connectivity index (χ1v) is 8.66. The van der Waals surface area contributed by atoms with Crippen molar-refractivity contribution in [3.63, 3.8) is 0 Å². The third-order valence-electron chi connectivity index (χ3n) is 5.63. The van der Waals surface area contributed by atoms with Crippen molar-refractivity contribution in [1.82, 2.24) is 0 Å². The van der Waals surface area contributed by atoms with Crippen LogP contribution in [0.15, 0.2) is 24.3 Å². The highest BCUT2D eigenvalue weighted by atomic mass is 16.5. The van der Waals surface area contributed by atoms with Gasteiger partial charge in [0.2, 0.25) is 11.8 Å². The Morgan fingerprint density at radius 2 is 1.58 bits per heavy atom. The van der Waals surface area contributed by atoms with E-state index in [4.69, 9.17) is 4.74 Å². The van der Waals surface area contributed by atoms with Gasteiger partial charge in [-0.15, -0.1) is 0 Å². The summed E-state index contributed by atoms with van der Waals surface area (Å²) in [6.45, 7) is 3.59. The van der Waals surface area contributed by atoms with Crippen LogP contribution in [0.5, 0.6) is 0 Å². The Bertz CT molecular complexity index is 681. The number of esters is 1. The van der Waals surface area contributed by atoms with E-state index in [-0.39, 0.29) is 29.8 Å². The molecule has 1 aromatic carbocycles. The first-order chi connectivity index (χ1) is 11.5. The molecule has 2 saturated carbocycles. The lowest BCUT2D eigenvalue weighted by Crippen LogP contribution is -2.32. The number of fused-ring (bicyclic) bond motifs is 5. The van der Waals surface area contributed by atoms with Crippen molar-refractivity contribution in [2.75, 3.05) is 4.90 Å². The van der Waals surface area contributed by atoms with Gasteiger partial charge in [0.25, 0.3) is 0 Å². The normalized spacial score (nSPS) is 31.0. The van der Waals surface area contributed by atoms with Gasteiger partial charge in [0.05, 0.1) is 29.2 Å². The molecule has 2 amide bonds. The van der Waals surface area contributed by atoms with E-state index in [9.17, 15) is 14.4 Å². The van der Waals surface area contributed by atoms with Gasteiger partial charge in [-0.3, -0.25) is 14.5 Å². The van der Waals surface area contributed by atoms with Crippen LogP contribution in [-0.4, -0.2) is 23.9 Å². The van der Waals surface area contributed by atoms with Gasteiger partial charge in [0, 0.05) is 0 Å². The molecule has 5 nitrogen and oxygen atoms in total. The summed E-state index contributed by atoms with van der Waals surface area (Å²) in [7, 11) is 0. The zero-order valence-corrected chi connectivity index (χ0v) is 13.9. The monoisotopic (exact) mass is 327 g/mol. The zero-order chi connectivity index (χ0) is 17.0. The lowest BCUT2D eigenvalue weighted by Gasteiger charge is -2.19. The molecular weight excluding hydrogens is 306 g/mol. The van der Waals surface area contributed by atoms with E-state index in [2.05, 4.69) is 0 Å². The number of carbonyl (C=O) groups is 3. The van der Waals surface area contributed by atoms with Gasteiger partial charge in [0.1, 0.15) is 0 Å². The van der Waals surface area contributed by atoms with Gasteiger partial charge in [-0.25, -0.2) is 4.79 Å². The van der Waals surface area contributed by atoms with Crippen LogP contribution in [0.4, 0.5) is 5.69 Å². The highest BCUT2D eigenvalue weighted by Crippen LogP contribution is 2.56. The third-order valence-corrected chi connectivity index (χ3v) is 5.63. The number of imide groups is 1. The molecule has 3 fully saturated rings. The number of anilines is 1. The minimum absolute atomic E-state index is 0.0605. The molecule has 24 heavy (non-hydrogen) atoms. The summed E-state index contributed by atoms with van der Waals surface area (Å²) < 4.78 is 5.15. The van der Waals surface area contributed by atoms with Gasteiger partial charge < -0.3 is 4.74 Å². The predicted molar refractivity (Wildman–Crippen MR) is 87.3 cm³/mol. The number of carbonyl (C=O) groups excluding carboxylic acids is 3. The molecule has 0 spiro atoms. The molecule has 1 aliphatic heterocycles. The molecule has 1 heterocycles. The standard InChI is InChI=1S/C19H21NO4/c1-10(2)24-19(23)11-5-7-14(8-6-11)20-17(21)15-12-3-4-13(9-12)16(15)18(20)22/h5-8,10,12-13,15-16H,3-4,9H2,1-2H3/t12-,13+,15-,16-/m0/s1. The number of nitrogens with zero attached hydrogens (tertiary/aromatic N) is 1. The van der Waals surface area contributed by atoms with E-state index in [0.717, 1.165) is 19.3 Å². The maximum atomic E-state index is 12.8. The molecule has 5 heteroatoms. The number of hydrogen-bond donors (Lipinski definition) is 0. The van der Waals surface area contributed by atoms with Crippen molar-refractivity contribution < 1.29 is 19.1 Å². The van der Waals surface area contributed by atoms with Gasteiger partial charge >= 0.3 is 5.97 Å². The highest BCUT2D eigenvalue weighted by Gasteiger charge is 2.61. The minimum atomic E-state index is -0.398. The summed E-state index contributed by atoms with van der Waals surface area (Å²) in [4.78, 5) is 38.8. The Morgan fingerprint density at radius 3 is 2.08 bits per heavy atom. The minimum Gasteiger partial charge on any atom is -0.459 e. The molecule has 4 atom stereocenters. The Labute approximate surface area is 141 Å². The maximum Gasteiger partial charge on any atom is 0.338 e. The van der Waals surface area contributed by atoms with Gasteiger partial charge in [-0.2, -0.15) is 0 Å². The number of amides is 2. The van der Waals surface area contributed by atoms with Crippen molar-refractivity contribution in [1.29, 1.82) is 0 Å². The predicted octanol–water partition coefficient (Wildman–Crippen LogP) is 2.79. The molecular formula is C19H21NO4. The molecule has 2 bridgehead atoms. The molecule has 1 saturated heterocycles. The van der Waals surface area contributed by atoms with Crippen LogP contribution in [0.2, 0.25) is 0 Å². The topological polar surface area (TPSA) is 63.7 Å². The Kier molecular flexibility index (Phi) is 3.48. The van der Waals surface area contributed by atoms with Crippen molar-refractivity contribution >= 4 is 23.5 Å². The number of hydrogen-bond acceptors (Lipinski definition) is 4. The summed E-state index contributed by atoms with van der Waals surface area (Å²) in [5.41, 5.74) is 0.978. The lowest BCUT2D eigenvalue weighted by atomic mass is 9.81. The van der Waals surface area contributed by atoms with E-state index in [1.165, 1.54) is 4.90 Å². The van der Waals surface area contributed by atoms with Crippen molar-refractivity contribution in [2.45, 2.75) is 39.2 Å². The fourth-order valence-corrected chi connectivity index (χ4v) is 4.69. The lowest BCUT2D eigenvalue weighted by molar-refractivity contribution is -0.123. The summed E-state index contributed by atoms with van der Waals surface area (Å²) in [6.07, 6.45) is 2.98. The largest absolute Gasteiger partial charge is 0.459 e. The zero-order valence-electron chi connectivity index (χ0n) is 13.9. The summed E-state index contributed by atoms with van der Waals surface area (Å²) in [5.74, 6) is -0.0119. The number of benzene rings is 1. The van der Waals surface area contributed by atoms with E-state index >= 15 is 0 Å². The van der Waals surface area contributed by atoms with Crippen LogP contribution in [0, 0.1) is 23.7 Å². The first-order valence-electron chi connectivity index (χ1n) is 8.66. The number of ether oxygens (including phenoxy) is 1. The molecule has 0 N–H and O–H groups in total. The fraction of sp³-hybridized carbons (Fsp3) is 0.526. The quantitative estimate of drug-likeness (QED) is 0.632. The highest BCUT2D eigenvalue weighted by molar-refractivity contribution is 6.22. The van der Waals surface area contributed by atoms with Crippen LogP contribution in [0.1, 0.15) is 43.5 Å². The Balaban J connectivity index is 1.57. The van der Waals surface area contributed by atoms with Crippen LogP contribution < -0.4 is 4.90 Å². The van der Waals surface area contributed by atoms with Gasteiger partial charge in [-0.1, -0.05) is 0 Å². The molecule has 126 valence electrons. The fourth-order valence-electron chi connectivity index (χ4n) is 4.69. The smallest absolute Gasteiger partial charge is 0.338 e. The van der Waals surface area contributed by atoms with Crippen molar-refractivity contribution in [2.24, 2.45) is 23.7 Å². The summed E-state index contributed by atoms with van der Waals surface area (Å²) in [5, 5.41) is 0. The molecule has 0 unspecified atom stereocenters. The second-order valence-corrected chi connectivity index (χ2v) is 7.40. The maximum absolute atomic E-state index is 12.8. The van der Waals surface area contributed by atoms with E-state index in [0.29, 0.717) is 23.1 Å². The Morgan fingerprint density at radius 1 is 1.04 bits per heavy atom. The van der Waals surface area contributed by atoms with E-state index < -0.39 is 5.97 Å². The van der Waals surface area contributed by atoms with Crippen molar-refractivity contribution in [3.05, 3.63) is 29.8 Å². The molecule has 4 rings (SSSR count). The SMILES string of the molecule is CC(C)OC(=O)c1ccc(N2C(=O)[C@H]3[C@@H]4CC[C@@H](C4)[C@@H]3C2=O)cc1. The van der Waals surface area contributed by atoms with Crippen LogP contribution in [-0.2, 0) is 14.3 Å².